The quantitative estimate of drug-likeness (QED) is 0.373. The molecule has 3 heterocycles. The van der Waals surface area contributed by atoms with Gasteiger partial charge in [-0.25, -0.2) is 9.61 Å². The number of benzene rings is 1. The van der Waals surface area contributed by atoms with Gasteiger partial charge in [0.1, 0.15) is 16.9 Å². The van der Waals surface area contributed by atoms with Gasteiger partial charge >= 0.3 is 0 Å². The van der Waals surface area contributed by atoms with Crippen LogP contribution in [0.4, 0.5) is 5.82 Å². The number of nitrogens with two attached hydrogens (primary N) is 1. The Bertz CT molecular complexity index is 1090. The lowest BCUT2D eigenvalue weighted by atomic mass is 9.98. The number of anilines is 1. The zero-order chi connectivity index (χ0) is 22.7. The number of aromatic nitrogens is 3. The van der Waals surface area contributed by atoms with E-state index in [-0.39, 0.29) is 5.91 Å². The Kier molecular flexibility index (Phi) is 6.61. The van der Waals surface area contributed by atoms with Gasteiger partial charge in [0.05, 0.1) is 12.2 Å². The third kappa shape index (κ3) is 5.19. The normalized spacial score (nSPS) is 19.5. The van der Waals surface area contributed by atoms with Crippen LogP contribution in [0, 0.1) is 18.0 Å². The van der Waals surface area contributed by atoms with Crippen LogP contribution >= 0.6 is 0 Å². The number of pyridine rings is 1. The van der Waals surface area contributed by atoms with Crippen LogP contribution in [-0.2, 0) is 17.8 Å². The van der Waals surface area contributed by atoms with E-state index in [1.807, 2.05) is 31.2 Å². The Hall–Kier alpha value is -3.12. The van der Waals surface area contributed by atoms with Crippen molar-refractivity contribution >= 4 is 22.8 Å². The minimum Gasteiger partial charge on any atom is -0.770 e. The van der Waals surface area contributed by atoms with E-state index >= 15 is 0 Å². The second-order valence-corrected chi connectivity index (χ2v) is 8.19. The fraction of sp³-hybridized carbons (Fsp3) is 0.429. The molecule has 0 radical (unpaired) electrons. The molecule has 1 aliphatic rings. The van der Waals surface area contributed by atoms with Crippen LogP contribution in [0.2, 0.25) is 0 Å². The summed E-state index contributed by atoms with van der Waals surface area (Å²) in [6.07, 6.45) is 1.07. The highest BCUT2D eigenvalue weighted by Crippen LogP contribution is 2.22. The van der Waals surface area contributed by atoms with E-state index in [1.54, 1.807) is 13.0 Å². The number of rotatable bonds is 8. The van der Waals surface area contributed by atoms with Crippen molar-refractivity contribution in [2.75, 3.05) is 12.3 Å². The Morgan fingerprint density at radius 2 is 2.16 bits per heavy atom. The predicted octanol–water partition coefficient (Wildman–Crippen LogP) is 0.996. The number of hydrogen-bond acceptors (Lipinski definition) is 10. The molecule has 2 aromatic heterocycles. The summed E-state index contributed by atoms with van der Waals surface area (Å²) in [4.78, 5) is 16.6. The largest absolute Gasteiger partial charge is 0.770 e. The van der Waals surface area contributed by atoms with E-state index in [2.05, 4.69) is 31.4 Å². The Labute approximate surface area is 185 Å². The number of carbonyl (C=O) groups excluding carboxylic acids is 1. The molecule has 4 rings (SSSR count). The van der Waals surface area contributed by atoms with Gasteiger partial charge < -0.3 is 26.7 Å². The molecule has 1 amide bonds. The first-order valence-electron chi connectivity index (χ1n) is 10.6. The van der Waals surface area contributed by atoms with E-state index in [9.17, 15) is 10.0 Å². The number of amides is 1. The second kappa shape index (κ2) is 9.57. The Balaban J connectivity index is 1.24. The number of aryl methyl sites for hydroxylation is 1. The second-order valence-electron chi connectivity index (χ2n) is 8.19. The van der Waals surface area contributed by atoms with Gasteiger partial charge in [-0.15, -0.1) is 0 Å². The lowest BCUT2D eigenvalue weighted by Crippen LogP contribution is -2.53. The van der Waals surface area contributed by atoms with Gasteiger partial charge in [-0.2, -0.15) is 0 Å². The highest BCUT2D eigenvalue weighted by atomic mass is 16.6. The molecule has 1 aliphatic heterocycles. The highest BCUT2D eigenvalue weighted by molar-refractivity contribution is 5.81. The van der Waals surface area contributed by atoms with Crippen molar-refractivity contribution in [1.29, 1.82) is 0 Å². The van der Waals surface area contributed by atoms with Crippen LogP contribution in [0.3, 0.4) is 0 Å². The fourth-order valence-electron chi connectivity index (χ4n) is 3.88. The SMILES string of the molecule is Cc1nc(N)ccc1CNC(=O)[C@H](C)NN([O-])[C@H]1C[C@H](Cc2ccc3nonc3c2)CN1. The van der Waals surface area contributed by atoms with Crippen molar-refractivity contribution in [3.8, 4) is 0 Å². The van der Waals surface area contributed by atoms with Crippen LogP contribution in [0.5, 0.6) is 0 Å². The van der Waals surface area contributed by atoms with Gasteiger partial charge in [0.15, 0.2) is 0 Å². The van der Waals surface area contributed by atoms with Gasteiger partial charge in [-0.05, 0) is 78.8 Å². The molecule has 170 valence electrons. The maximum Gasteiger partial charge on any atom is 0.238 e. The van der Waals surface area contributed by atoms with Gasteiger partial charge in [0, 0.05) is 12.2 Å². The lowest BCUT2D eigenvalue weighted by Gasteiger charge is -2.37. The zero-order valence-corrected chi connectivity index (χ0v) is 18.0. The van der Waals surface area contributed by atoms with E-state index in [4.69, 9.17) is 10.4 Å². The molecule has 0 spiro atoms. The number of hydrazine groups is 1. The summed E-state index contributed by atoms with van der Waals surface area (Å²) >= 11 is 0. The number of carbonyl (C=O) groups is 1. The molecular formula is C21H27N8O3-. The van der Waals surface area contributed by atoms with Gasteiger partial charge in [-0.3, -0.25) is 10.2 Å². The summed E-state index contributed by atoms with van der Waals surface area (Å²) in [6.45, 7) is 4.52. The molecule has 32 heavy (non-hydrogen) atoms. The first-order valence-corrected chi connectivity index (χ1v) is 10.6. The summed E-state index contributed by atoms with van der Waals surface area (Å²) in [5.74, 6) is 0.458. The summed E-state index contributed by atoms with van der Waals surface area (Å²) in [5, 5.41) is 27.0. The van der Waals surface area contributed by atoms with Crippen molar-refractivity contribution in [3.63, 3.8) is 0 Å². The van der Waals surface area contributed by atoms with Crippen molar-refractivity contribution in [2.24, 2.45) is 5.92 Å². The summed E-state index contributed by atoms with van der Waals surface area (Å²) in [6, 6.07) is 8.67. The molecule has 11 heteroatoms. The highest BCUT2D eigenvalue weighted by Gasteiger charge is 2.26. The van der Waals surface area contributed by atoms with Crippen molar-refractivity contribution in [3.05, 3.63) is 52.4 Å². The maximum atomic E-state index is 12.6. The first kappa shape index (κ1) is 22.1. The van der Waals surface area contributed by atoms with Gasteiger partial charge in [0.2, 0.25) is 5.91 Å². The molecule has 0 aliphatic carbocycles. The number of hydroxylamine groups is 1. The van der Waals surface area contributed by atoms with Crippen LogP contribution in [0.1, 0.15) is 30.2 Å². The smallest absolute Gasteiger partial charge is 0.238 e. The summed E-state index contributed by atoms with van der Waals surface area (Å²) in [7, 11) is 0. The minimum atomic E-state index is -0.683. The standard InChI is InChI=1S/C21H27N8O3/c1-12-16(4-6-19(22)25-12)11-24-21(30)13(2)26-29(31)20-9-15(10-23-20)7-14-3-5-17-18(8-14)28-32-27-17/h3-6,8,13,15,20,23,26H,7,9-11H2,1-2H3,(H2,22,25)(H,24,30)/q-1/t13-,15-,20-/m0/s1. The monoisotopic (exact) mass is 439 g/mol. The van der Waals surface area contributed by atoms with E-state index < -0.39 is 12.2 Å². The number of fused-ring (bicyclic) bond motifs is 1. The van der Waals surface area contributed by atoms with Crippen molar-refractivity contribution < 1.29 is 9.42 Å². The van der Waals surface area contributed by atoms with Gasteiger partial charge in [-0.1, -0.05) is 12.1 Å². The summed E-state index contributed by atoms with van der Waals surface area (Å²) < 4.78 is 4.74. The molecule has 5 N–H and O–H groups in total. The Morgan fingerprint density at radius 1 is 1.34 bits per heavy atom. The predicted molar refractivity (Wildman–Crippen MR) is 118 cm³/mol. The molecule has 0 unspecified atom stereocenters. The van der Waals surface area contributed by atoms with Crippen LogP contribution in [0.25, 0.3) is 11.0 Å². The molecule has 11 nitrogen and oxygen atoms in total. The molecule has 0 bridgehead atoms. The number of nitrogens with one attached hydrogen (secondary N) is 3. The number of nitrogen functional groups attached to an aromatic ring is 1. The average molecular weight is 440 g/mol. The molecule has 3 aromatic rings. The third-order valence-electron chi connectivity index (χ3n) is 5.71. The van der Waals surface area contributed by atoms with Gasteiger partial charge in [0.25, 0.3) is 0 Å². The molecule has 3 atom stereocenters. The molecule has 1 aromatic carbocycles. The molecular weight excluding hydrogens is 412 g/mol. The minimum absolute atomic E-state index is 0.272. The van der Waals surface area contributed by atoms with Crippen molar-refractivity contribution in [1.82, 2.24) is 36.5 Å². The molecule has 0 saturated carbocycles. The molecule has 1 fully saturated rings. The lowest BCUT2D eigenvalue weighted by molar-refractivity contribution is -0.124. The van der Waals surface area contributed by atoms with Crippen molar-refractivity contribution in [2.45, 2.75) is 45.4 Å². The first-order chi connectivity index (χ1) is 15.4. The topological polar surface area (TPSA) is 157 Å². The number of nitrogens with zero attached hydrogens (tertiary/aromatic N) is 4. The van der Waals surface area contributed by atoms with E-state index in [0.717, 1.165) is 39.4 Å². The van der Waals surface area contributed by atoms with E-state index in [1.165, 1.54) is 0 Å². The average Bonchev–Trinajstić information content (AvgIpc) is 3.42. The zero-order valence-electron chi connectivity index (χ0n) is 18.0. The Morgan fingerprint density at radius 3 is 2.97 bits per heavy atom. The maximum absolute atomic E-state index is 12.6. The third-order valence-corrected chi connectivity index (χ3v) is 5.71. The fourth-order valence-corrected chi connectivity index (χ4v) is 3.88. The summed E-state index contributed by atoms with van der Waals surface area (Å²) in [5.41, 5.74) is 12.6. The van der Waals surface area contributed by atoms with E-state index in [0.29, 0.717) is 31.2 Å². The molecule has 1 saturated heterocycles. The van der Waals surface area contributed by atoms with Crippen LogP contribution in [-0.4, -0.2) is 45.1 Å². The van der Waals surface area contributed by atoms with Crippen LogP contribution in [0.15, 0.2) is 35.0 Å². The van der Waals surface area contributed by atoms with Crippen LogP contribution < -0.4 is 21.8 Å². The number of hydrogen-bond donors (Lipinski definition) is 4.